The van der Waals surface area contributed by atoms with Crippen LogP contribution in [-0.2, 0) is 6.54 Å². The van der Waals surface area contributed by atoms with E-state index < -0.39 is 5.63 Å². The first kappa shape index (κ1) is 17.9. The fraction of sp³-hybridized carbons (Fsp3) is 0.0870. The Kier molecular flexibility index (Phi) is 4.21. The molecule has 0 atom stereocenters. The summed E-state index contributed by atoms with van der Waals surface area (Å²) in [4.78, 5) is 25.1. The molecule has 7 heteroatoms. The monoisotopic (exact) mass is 399 g/mol. The number of fused-ring (bicyclic) bond motifs is 3. The second kappa shape index (κ2) is 7.04. The molecule has 0 saturated heterocycles. The molecule has 0 aliphatic heterocycles. The Morgan fingerprint density at radius 1 is 1.00 bits per heavy atom. The van der Waals surface area contributed by atoms with Crippen LogP contribution in [0.5, 0.6) is 5.75 Å². The van der Waals surface area contributed by atoms with Gasteiger partial charge in [-0.1, -0.05) is 30.3 Å². The van der Waals surface area contributed by atoms with Crippen LogP contribution in [-0.4, -0.2) is 21.5 Å². The molecular weight excluding hydrogens is 382 g/mol. The number of hydrogen-bond donors (Lipinski definition) is 0. The molecule has 0 N–H and O–H groups in total. The van der Waals surface area contributed by atoms with Gasteiger partial charge in [0.15, 0.2) is 0 Å². The van der Waals surface area contributed by atoms with Gasteiger partial charge >= 0.3 is 11.3 Å². The third kappa shape index (κ3) is 2.97. The van der Waals surface area contributed by atoms with Crippen LogP contribution in [0.3, 0.4) is 0 Å². The summed E-state index contributed by atoms with van der Waals surface area (Å²) in [7, 11) is 1.58. The standard InChI is InChI=1S/C23H17N3O4/c1-29-18-9-7-17(8-10-18)26-23(28)25(14-24-26)13-16-12-21(27)30-20-11-6-15-4-2-3-5-19(15)22(16)20/h2-12,14H,13H2,1H3. The van der Waals surface area contributed by atoms with Gasteiger partial charge in [-0.2, -0.15) is 9.78 Å². The minimum absolute atomic E-state index is 0.199. The fourth-order valence-corrected chi connectivity index (χ4v) is 3.67. The molecule has 0 bridgehead atoms. The summed E-state index contributed by atoms with van der Waals surface area (Å²) >= 11 is 0. The molecule has 0 spiro atoms. The van der Waals surface area contributed by atoms with Crippen molar-refractivity contribution in [3.63, 3.8) is 0 Å². The zero-order valence-corrected chi connectivity index (χ0v) is 16.1. The third-order valence-electron chi connectivity index (χ3n) is 5.11. The molecule has 2 aromatic heterocycles. The van der Waals surface area contributed by atoms with E-state index in [1.165, 1.54) is 21.6 Å². The number of hydrogen-bond acceptors (Lipinski definition) is 5. The van der Waals surface area contributed by atoms with Gasteiger partial charge in [0.1, 0.15) is 17.7 Å². The van der Waals surface area contributed by atoms with Gasteiger partial charge in [0, 0.05) is 11.5 Å². The van der Waals surface area contributed by atoms with Crippen LogP contribution in [0, 0.1) is 0 Å². The Morgan fingerprint density at radius 2 is 1.80 bits per heavy atom. The molecule has 30 heavy (non-hydrogen) atoms. The van der Waals surface area contributed by atoms with Crippen molar-refractivity contribution >= 4 is 21.7 Å². The van der Waals surface area contributed by atoms with E-state index in [9.17, 15) is 9.59 Å². The molecule has 0 aliphatic carbocycles. The van der Waals surface area contributed by atoms with Crippen LogP contribution >= 0.6 is 0 Å². The summed E-state index contributed by atoms with van der Waals surface area (Å²) in [5.41, 5.74) is 1.06. The topological polar surface area (TPSA) is 79.3 Å². The normalized spacial score (nSPS) is 11.2. The molecule has 148 valence electrons. The lowest BCUT2D eigenvalue weighted by Crippen LogP contribution is -2.24. The first-order valence-corrected chi connectivity index (χ1v) is 9.37. The molecule has 5 rings (SSSR count). The summed E-state index contributed by atoms with van der Waals surface area (Å²) in [6.07, 6.45) is 1.47. The van der Waals surface area contributed by atoms with Crippen molar-refractivity contribution in [2.45, 2.75) is 6.54 Å². The van der Waals surface area contributed by atoms with Crippen molar-refractivity contribution in [2.24, 2.45) is 0 Å². The summed E-state index contributed by atoms with van der Waals surface area (Å²) in [5.74, 6) is 0.695. The molecule has 0 radical (unpaired) electrons. The second-order valence-electron chi connectivity index (χ2n) is 6.90. The van der Waals surface area contributed by atoms with Crippen molar-refractivity contribution in [3.05, 3.63) is 99.5 Å². The van der Waals surface area contributed by atoms with Gasteiger partial charge in [-0.15, -0.1) is 0 Å². The average molecular weight is 399 g/mol. The van der Waals surface area contributed by atoms with Crippen LogP contribution in [0.1, 0.15) is 5.56 Å². The van der Waals surface area contributed by atoms with Crippen LogP contribution in [0.15, 0.2) is 87.1 Å². The third-order valence-corrected chi connectivity index (χ3v) is 5.11. The Labute approximate surface area is 170 Å². The van der Waals surface area contributed by atoms with E-state index >= 15 is 0 Å². The van der Waals surface area contributed by atoms with Gasteiger partial charge in [-0.25, -0.2) is 9.59 Å². The van der Waals surface area contributed by atoms with E-state index in [4.69, 9.17) is 9.15 Å². The Morgan fingerprint density at radius 3 is 2.60 bits per heavy atom. The maximum absolute atomic E-state index is 12.9. The minimum Gasteiger partial charge on any atom is -0.497 e. The predicted molar refractivity (Wildman–Crippen MR) is 113 cm³/mol. The Hall–Kier alpha value is -4.13. The Balaban J connectivity index is 1.63. The van der Waals surface area contributed by atoms with Crippen molar-refractivity contribution in [1.82, 2.24) is 14.3 Å². The molecule has 0 fully saturated rings. The van der Waals surface area contributed by atoms with Crippen molar-refractivity contribution < 1.29 is 9.15 Å². The smallest absolute Gasteiger partial charge is 0.350 e. The minimum atomic E-state index is -0.455. The summed E-state index contributed by atoms with van der Waals surface area (Å²) in [6, 6.07) is 20.1. The molecule has 5 aromatic rings. The maximum Gasteiger partial charge on any atom is 0.350 e. The van der Waals surface area contributed by atoms with Gasteiger partial charge in [0.25, 0.3) is 0 Å². The van der Waals surface area contributed by atoms with E-state index in [0.29, 0.717) is 22.6 Å². The zero-order valence-electron chi connectivity index (χ0n) is 16.1. The zero-order chi connectivity index (χ0) is 20.7. The predicted octanol–water partition coefficient (Wildman–Crippen LogP) is 3.35. The van der Waals surface area contributed by atoms with Crippen LogP contribution in [0.25, 0.3) is 27.4 Å². The van der Waals surface area contributed by atoms with Gasteiger partial charge < -0.3 is 9.15 Å². The van der Waals surface area contributed by atoms with Crippen molar-refractivity contribution in [1.29, 1.82) is 0 Å². The van der Waals surface area contributed by atoms with E-state index in [2.05, 4.69) is 5.10 Å². The number of aromatic nitrogens is 3. The van der Waals surface area contributed by atoms with E-state index in [1.54, 1.807) is 37.4 Å². The lowest BCUT2D eigenvalue weighted by atomic mass is 10.0. The van der Waals surface area contributed by atoms with Crippen molar-refractivity contribution in [3.8, 4) is 11.4 Å². The molecule has 0 saturated carbocycles. The molecular formula is C23H17N3O4. The average Bonchev–Trinajstić information content (AvgIpc) is 3.13. The molecule has 0 unspecified atom stereocenters. The number of rotatable bonds is 4. The van der Waals surface area contributed by atoms with Crippen LogP contribution < -0.4 is 16.1 Å². The second-order valence-corrected chi connectivity index (χ2v) is 6.90. The first-order chi connectivity index (χ1) is 14.6. The van der Waals surface area contributed by atoms with Crippen molar-refractivity contribution in [2.75, 3.05) is 7.11 Å². The summed E-state index contributed by atoms with van der Waals surface area (Å²) in [5, 5.41) is 7.04. The highest BCUT2D eigenvalue weighted by Gasteiger charge is 2.13. The fourth-order valence-electron chi connectivity index (χ4n) is 3.67. The largest absolute Gasteiger partial charge is 0.497 e. The maximum atomic E-state index is 12.9. The van der Waals surface area contributed by atoms with Gasteiger partial charge in [0.05, 0.1) is 19.3 Å². The van der Waals surface area contributed by atoms with Crippen LogP contribution in [0.2, 0.25) is 0 Å². The highest BCUT2D eigenvalue weighted by molar-refractivity contribution is 6.07. The lowest BCUT2D eigenvalue weighted by Gasteiger charge is -2.08. The van der Waals surface area contributed by atoms with E-state index in [0.717, 1.165) is 16.2 Å². The summed E-state index contributed by atoms with van der Waals surface area (Å²) in [6.45, 7) is 0.199. The van der Waals surface area contributed by atoms with E-state index in [-0.39, 0.29) is 12.2 Å². The highest BCUT2D eigenvalue weighted by atomic mass is 16.5. The molecule has 0 amide bonds. The first-order valence-electron chi connectivity index (χ1n) is 9.37. The van der Waals surface area contributed by atoms with Crippen LogP contribution in [0.4, 0.5) is 0 Å². The number of ether oxygens (including phenoxy) is 1. The highest BCUT2D eigenvalue weighted by Crippen LogP contribution is 2.27. The quantitative estimate of drug-likeness (QED) is 0.342. The molecule has 7 nitrogen and oxygen atoms in total. The molecule has 2 heterocycles. The Bertz CT molecular complexity index is 1490. The molecule has 3 aromatic carbocycles. The summed E-state index contributed by atoms with van der Waals surface area (Å²) < 4.78 is 13.3. The lowest BCUT2D eigenvalue weighted by molar-refractivity contribution is 0.414. The number of nitrogens with zero attached hydrogens (tertiary/aromatic N) is 3. The molecule has 0 aliphatic rings. The van der Waals surface area contributed by atoms with Gasteiger partial charge in [-0.3, -0.25) is 4.57 Å². The van der Waals surface area contributed by atoms with Gasteiger partial charge in [0.2, 0.25) is 0 Å². The SMILES string of the molecule is COc1ccc(-n2ncn(Cc3cc(=O)oc4ccc5ccccc5c34)c2=O)cc1. The van der Waals surface area contributed by atoms with E-state index in [1.807, 2.05) is 30.3 Å². The van der Waals surface area contributed by atoms with Gasteiger partial charge in [-0.05, 0) is 46.7 Å². The number of benzene rings is 3. The number of methoxy groups -OCH3 is 1.